The number of amides is 4. The molecule has 6 bridgehead atoms. The lowest BCUT2D eigenvalue weighted by molar-refractivity contribution is -0.138. The quantitative estimate of drug-likeness (QED) is 0.269. The molecule has 0 radical (unpaired) electrons. The van der Waals surface area contributed by atoms with E-state index in [-0.39, 0.29) is 54.8 Å². The van der Waals surface area contributed by atoms with Gasteiger partial charge in [0, 0.05) is 32.3 Å². The zero-order chi connectivity index (χ0) is 31.0. The first-order chi connectivity index (χ1) is 21.2. The molecule has 4 amide bonds. The second-order valence-corrected chi connectivity index (χ2v) is 13.7. The second kappa shape index (κ2) is 12.8. The number of carbonyl (C=O) groups is 5. The van der Waals surface area contributed by atoms with Crippen LogP contribution in [0.3, 0.4) is 0 Å². The van der Waals surface area contributed by atoms with Crippen molar-refractivity contribution in [2.45, 2.75) is 76.4 Å². The Hall–Kier alpha value is -3.54. The summed E-state index contributed by atoms with van der Waals surface area (Å²) in [5, 5.41) is 10.9. The lowest BCUT2D eigenvalue weighted by Gasteiger charge is -2.54. The summed E-state index contributed by atoms with van der Waals surface area (Å²) in [4.78, 5) is 79.4. The van der Waals surface area contributed by atoms with Crippen LogP contribution in [0.1, 0.15) is 57.8 Å². The summed E-state index contributed by atoms with van der Waals surface area (Å²) in [6.07, 6.45) is 9.03. The van der Waals surface area contributed by atoms with E-state index in [9.17, 15) is 28.8 Å². The van der Waals surface area contributed by atoms with Crippen LogP contribution in [0, 0.1) is 35.5 Å². The minimum absolute atomic E-state index is 0.0281. The van der Waals surface area contributed by atoms with Crippen LogP contribution < -0.4 is 26.8 Å². The van der Waals surface area contributed by atoms with Gasteiger partial charge in [0.1, 0.15) is 18.3 Å². The number of hydrogen-bond acceptors (Lipinski definition) is 7. The third kappa shape index (κ3) is 6.45. The smallest absolute Gasteiger partial charge is 0.287 e. The van der Waals surface area contributed by atoms with Gasteiger partial charge in [0.2, 0.25) is 23.5 Å². The Balaban J connectivity index is 1.10. The van der Waals surface area contributed by atoms with Gasteiger partial charge in [-0.3, -0.25) is 28.8 Å². The summed E-state index contributed by atoms with van der Waals surface area (Å²) in [6.45, 7) is 2.38. The number of hydrogen-bond donors (Lipinski definition) is 4. The molecule has 1 aromatic heterocycles. The number of carbonyl (C=O) groups excluding carboxylic acids is 5. The predicted octanol–water partition coefficient (Wildman–Crippen LogP) is 0.650. The maximum atomic E-state index is 13.5. The Bertz CT molecular complexity index is 1340. The topological polar surface area (TPSA) is 159 Å². The number of ketones is 1. The van der Waals surface area contributed by atoms with Crippen molar-refractivity contribution in [2.75, 3.05) is 32.0 Å². The van der Waals surface area contributed by atoms with E-state index < -0.39 is 29.2 Å². The molecular weight excluding hydrogens is 564 g/mol. The van der Waals surface area contributed by atoms with Gasteiger partial charge in [-0.15, -0.1) is 0 Å². The standard InChI is InChI=1S/C32H44N6O6/c1-33-31(43)26(39)5-4-24(34-29(41)23-16-37-9-6-20(23)7-10-37)30(42)35-25-3-2-8-38(32(25)44)17-27(40)36-28-21-12-18-11-19(14-21)15-22(28)13-18/h2-3,8,18-24,28H,4-7,9-17H2,1H3,(H,33,43)(H,34,41)(H,35,42)(H,36,40)/t18?,19?,21?,22?,23?,24-,28?/m0/s1. The number of aromatic nitrogens is 1. The molecule has 4 aliphatic carbocycles. The van der Waals surface area contributed by atoms with E-state index in [0.717, 1.165) is 37.8 Å². The van der Waals surface area contributed by atoms with Gasteiger partial charge >= 0.3 is 0 Å². The fourth-order valence-corrected chi connectivity index (χ4v) is 8.86. The van der Waals surface area contributed by atoms with Crippen molar-refractivity contribution in [2.24, 2.45) is 35.5 Å². The van der Waals surface area contributed by atoms with Crippen molar-refractivity contribution >= 4 is 35.1 Å². The van der Waals surface area contributed by atoms with Crippen molar-refractivity contribution in [1.82, 2.24) is 25.4 Å². The zero-order valence-electron chi connectivity index (χ0n) is 25.4. The molecule has 8 rings (SSSR count). The number of pyridine rings is 1. The maximum absolute atomic E-state index is 13.5. The highest BCUT2D eigenvalue weighted by Gasteiger charge is 2.48. The second-order valence-electron chi connectivity index (χ2n) is 13.7. The van der Waals surface area contributed by atoms with Gasteiger partial charge in [0.05, 0.1) is 5.92 Å². The summed E-state index contributed by atoms with van der Waals surface area (Å²) in [6, 6.07) is 2.07. The van der Waals surface area contributed by atoms with Crippen molar-refractivity contribution in [3.63, 3.8) is 0 Å². The van der Waals surface area contributed by atoms with Crippen LogP contribution in [0.25, 0.3) is 0 Å². The number of fused-ring (bicyclic) bond motifs is 3. The van der Waals surface area contributed by atoms with Crippen LogP contribution in [0.2, 0.25) is 0 Å². The SMILES string of the molecule is CNC(=O)C(=O)CC[C@H](NC(=O)C1CN2CCC1CC2)C(=O)Nc1cccn(CC(=O)NC2C3CC4CC(C3)CC2C4)c1=O. The number of nitrogens with one attached hydrogen (secondary N) is 4. The van der Waals surface area contributed by atoms with Gasteiger partial charge in [-0.1, -0.05) is 0 Å². The lowest BCUT2D eigenvalue weighted by atomic mass is 9.54. The van der Waals surface area contributed by atoms with Crippen LogP contribution in [-0.2, 0) is 30.5 Å². The molecule has 1 aromatic rings. The summed E-state index contributed by atoms with van der Waals surface area (Å²) >= 11 is 0. The van der Waals surface area contributed by atoms with Gasteiger partial charge in [-0.05, 0) is 106 Å². The van der Waals surface area contributed by atoms with Crippen molar-refractivity contribution in [3.8, 4) is 0 Å². The summed E-state index contributed by atoms with van der Waals surface area (Å²) in [5.41, 5.74) is -0.565. The first-order valence-corrected chi connectivity index (χ1v) is 16.3. The Morgan fingerprint density at radius 2 is 1.64 bits per heavy atom. The number of anilines is 1. The third-order valence-corrected chi connectivity index (χ3v) is 10.9. The fourth-order valence-electron chi connectivity index (χ4n) is 8.86. The monoisotopic (exact) mass is 608 g/mol. The Kier molecular flexibility index (Phi) is 8.89. The highest BCUT2D eigenvalue weighted by molar-refractivity contribution is 6.36. The Morgan fingerprint density at radius 3 is 2.25 bits per heavy atom. The molecule has 3 aliphatic heterocycles. The maximum Gasteiger partial charge on any atom is 0.287 e. The van der Waals surface area contributed by atoms with E-state index in [4.69, 9.17) is 0 Å². The number of likely N-dealkylation sites (N-methyl/N-ethyl adjacent to an activating group) is 1. The van der Waals surface area contributed by atoms with E-state index in [1.54, 1.807) is 6.07 Å². The average Bonchev–Trinajstić information content (AvgIpc) is 3.02. The van der Waals surface area contributed by atoms with E-state index >= 15 is 0 Å². The molecule has 2 atom stereocenters. The van der Waals surface area contributed by atoms with Gasteiger partial charge in [0.25, 0.3) is 11.5 Å². The molecule has 12 nitrogen and oxygen atoms in total. The third-order valence-electron chi connectivity index (χ3n) is 10.9. The average molecular weight is 609 g/mol. The van der Waals surface area contributed by atoms with Crippen molar-refractivity contribution < 1.29 is 24.0 Å². The molecule has 7 fully saturated rings. The van der Waals surface area contributed by atoms with E-state index in [2.05, 4.69) is 26.2 Å². The van der Waals surface area contributed by atoms with Crippen molar-refractivity contribution in [1.29, 1.82) is 0 Å². The number of nitrogens with zero attached hydrogens (tertiary/aromatic N) is 2. The molecule has 4 saturated carbocycles. The molecule has 4 heterocycles. The summed E-state index contributed by atoms with van der Waals surface area (Å²) in [7, 11) is 1.35. The predicted molar refractivity (Wildman–Crippen MR) is 161 cm³/mol. The molecule has 238 valence electrons. The Morgan fingerprint density at radius 1 is 0.955 bits per heavy atom. The first kappa shape index (κ1) is 30.5. The lowest BCUT2D eigenvalue weighted by Crippen LogP contribution is -2.56. The van der Waals surface area contributed by atoms with Crippen LogP contribution in [0.15, 0.2) is 23.1 Å². The summed E-state index contributed by atoms with van der Waals surface area (Å²) in [5.74, 6) is -0.0203. The summed E-state index contributed by atoms with van der Waals surface area (Å²) < 4.78 is 1.27. The molecule has 1 unspecified atom stereocenters. The molecule has 4 N–H and O–H groups in total. The van der Waals surface area contributed by atoms with Gasteiger partial charge in [0.15, 0.2) is 0 Å². The molecule has 0 aromatic carbocycles. The van der Waals surface area contributed by atoms with Crippen LogP contribution in [0.5, 0.6) is 0 Å². The van der Waals surface area contributed by atoms with Crippen molar-refractivity contribution in [3.05, 3.63) is 28.7 Å². The number of rotatable bonds is 11. The highest BCUT2D eigenvalue weighted by atomic mass is 16.2. The van der Waals surface area contributed by atoms with Gasteiger partial charge in [-0.2, -0.15) is 0 Å². The van der Waals surface area contributed by atoms with Gasteiger partial charge < -0.3 is 30.7 Å². The molecule has 7 aliphatic rings. The largest absolute Gasteiger partial charge is 0.353 e. The van der Waals surface area contributed by atoms with E-state index in [1.165, 1.54) is 56.0 Å². The van der Waals surface area contributed by atoms with E-state index in [1.807, 2.05) is 0 Å². The van der Waals surface area contributed by atoms with E-state index in [0.29, 0.717) is 18.4 Å². The van der Waals surface area contributed by atoms with Crippen LogP contribution in [-0.4, -0.2) is 77.6 Å². The number of Topliss-reactive ketones (excluding diaryl/α,β-unsaturated/α-hetero) is 1. The molecule has 3 saturated heterocycles. The molecule has 0 spiro atoms. The fraction of sp³-hybridized carbons (Fsp3) is 0.688. The minimum Gasteiger partial charge on any atom is -0.353 e. The van der Waals surface area contributed by atoms with Gasteiger partial charge in [-0.25, -0.2) is 0 Å². The van der Waals surface area contributed by atoms with Crippen LogP contribution in [0.4, 0.5) is 5.69 Å². The molecular formula is C32H44N6O6. The van der Waals surface area contributed by atoms with Crippen LogP contribution >= 0.6 is 0 Å². The zero-order valence-corrected chi connectivity index (χ0v) is 25.4. The molecule has 44 heavy (non-hydrogen) atoms. The first-order valence-electron chi connectivity index (χ1n) is 16.3. The number of piperidine rings is 3. The highest BCUT2D eigenvalue weighted by Crippen LogP contribution is 2.53. The minimum atomic E-state index is -1.13. The normalized spacial score (nSPS) is 32.0. The molecule has 12 heteroatoms. The Labute approximate surface area is 257 Å².